The van der Waals surface area contributed by atoms with Crippen molar-refractivity contribution in [3.8, 4) is 5.75 Å². The fraction of sp³-hybridized carbons (Fsp3) is 0.429. The summed E-state index contributed by atoms with van der Waals surface area (Å²) in [4.78, 5) is 12.8. The minimum absolute atomic E-state index is 0.197. The Morgan fingerprint density at radius 1 is 1.48 bits per heavy atom. The van der Waals surface area contributed by atoms with Crippen molar-refractivity contribution >= 4 is 40.4 Å². The van der Waals surface area contributed by atoms with E-state index in [-0.39, 0.29) is 10.9 Å². The van der Waals surface area contributed by atoms with Gasteiger partial charge in [-0.05, 0) is 31.0 Å². The number of hydrogen-bond acceptors (Lipinski definition) is 4. The Morgan fingerprint density at radius 2 is 2.14 bits per heavy atom. The smallest absolute Gasteiger partial charge is 0.237 e. The normalized spacial score (nSPS) is 17.0. The summed E-state index contributed by atoms with van der Waals surface area (Å²) in [6, 6.07) is 5.04. The monoisotopic (exact) mass is 328 g/mol. The molecule has 2 rings (SSSR count). The van der Waals surface area contributed by atoms with Gasteiger partial charge in [0.2, 0.25) is 5.91 Å². The van der Waals surface area contributed by atoms with Gasteiger partial charge in [0.15, 0.2) is 0 Å². The summed E-state index contributed by atoms with van der Waals surface area (Å²) in [6.45, 7) is 0.933. The Kier molecular flexibility index (Phi) is 5.03. The highest BCUT2D eigenvalue weighted by Crippen LogP contribution is 2.34. The second kappa shape index (κ2) is 6.60. The predicted octanol–water partition coefficient (Wildman–Crippen LogP) is 2.37. The molecule has 0 spiro atoms. The van der Waals surface area contributed by atoms with Crippen molar-refractivity contribution in [2.45, 2.75) is 12.8 Å². The zero-order chi connectivity index (χ0) is 15.5. The van der Waals surface area contributed by atoms with Crippen LogP contribution >= 0.6 is 23.8 Å². The minimum Gasteiger partial charge on any atom is -0.495 e. The molecule has 0 saturated carbocycles. The molecule has 1 aliphatic rings. The van der Waals surface area contributed by atoms with E-state index in [0.717, 1.165) is 0 Å². The summed E-state index contributed by atoms with van der Waals surface area (Å²) < 4.78 is 10.4. The number of nitrogens with two attached hydrogens (primary N) is 1. The maximum absolute atomic E-state index is 12.6. The molecule has 0 unspecified atom stereocenters. The number of rotatable bonds is 4. The molecule has 1 heterocycles. The number of carbonyl (C=O) groups is 1. The van der Waals surface area contributed by atoms with Gasteiger partial charge in [0.25, 0.3) is 0 Å². The van der Waals surface area contributed by atoms with E-state index in [0.29, 0.717) is 42.5 Å². The van der Waals surface area contributed by atoms with E-state index in [4.69, 9.17) is 39.0 Å². The molecule has 0 atom stereocenters. The number of amides is 1. The summed E-state index contributed by atoms with van der Waals surface area (Å²) in [5.41, 5.74) is 5.52. The first kappa shape index (κ1) is 16.0. The number of carbonyl (C=O) groups excluding carboxylic acids is 1. The van der Waals surface area contributed by atoms with Crippen LogP contribution in [0.2, 0.25) is 5.02 Å². The molecule has 0 bridgehead atoms. The van der Waals surface area contributed by atoms with Gasteiger partial charge in [-0.15, -0.1) is 0 Å². The second-order valence-corrected chi connectivity index (χ2v) is 5.71. The van der Waals surface area contributed by atoms with Crippen molar-refractivity contribution < 1.29 is 14.3 Å². The third-order valence-electron chi connectivity index (χ3n) is 3.66. The van der Waals surface area contributed by atoms with Crippen molar-refractivity contribution in [2.75, 3.05) is 25.6 Å². The lowest BCUT2D eigenvalue weighted by Gasteiger charge is -2.34. The molecule has 0 aliphatic carbocycles. The maximum Gasteiger partial charge on any atom is 0.237 e. The summed E-state index contributed by atoms with van der Waals surface area (Å²) in [5, 5.41) is 3.25. The Labute approximate surface area is 133 Å². The van der Waals surface area contributed by atoms with Gasteiger partial charge >= 0.3 is 0 Å². The first-order valence-corrected chi connectivity index (χ1v) is 7.31. The van der Waals surface area contributed by atoms with Crippen LogP contribution in [0.1, 0.15) is 12.8 Å². The first-order chi connectivity index (χ1) is 9.99. The molecule has 1 amide bonds. The van der Waals surface area contributed by atoms with E-state index in [1.807, 2.05) is 0 Å². The van der Waals surface area contributed by atoms with Crippen LogP contribution in [-0.2, 0) is 9.53 Å². The van der Waals surface area contributed by atoms with Gasteiger partial charge in [-0.2, -0.15) is 0 Å². The number of benzene rings is 1. The van der Waals surface area contributed by atoms with Crippen LogP contribution in [0.4, 0.5) is 5.69 Å². The fourth-order valence-corrected chi connectivity index (χ4v) is 2.85. The van der Waals surface area contributed by atoms with Crippen molar-refractivity contribution in [1.29, 1.82) is 0 Å². The van der Waals surface area contributed by atoms with Crippen LogP contribution in [0, 0.1) is 5.41 Å². The van der Waals surface area contributed by atoms with Crippen molar-refractivity contribution in [2.24, 2.45) is 11.1 Å². The van der Waals surface area contributed by atoms with Gasteiger partial charge in [0.05, 0.1) is 17.1 Å². The van der Waals surface area contributed by atoms with Crippen molar-refractivity contribution in [1.82, 2.24) is 0 Å². The van der Waals surface area contributed by atoms with Crippen LogP contribution in [0.5, 0.6) is 5.75 Å². The van der Waals surface area contributed by atoms with Crippen molar-refractivity contribution in [3.05, 3.63) is 23.2 Å². The van der Waals surface area contributed by atoms with Gasteiger partial charge < -0.3 is 20.5 Å². The molecule has 21 heavy (non-hydrogen) atoms. The summed E-state index contributed by atoms with van der Waals surface area (Å²) in [7, 11) is 1.53. The number of anilines is 1. The van der Waals surface area contributed by atoms with E-state index in [1.165, 1.54) is 7.11 Å². The number of nitrogens with one attached hydrogen (secondary N) is 1. The lowest BCUT2D eigenvalue weighted by atomic mass is 9.79. The molecule has 7 heteroatoms. The average Bonchev–Trinajstić information content (AvgIpc) is 2.48. The predicted molar refractivity (Wildman–Crippen MR) is 85.9 cm³/mol. The maximum atomic E-state index is 12.6. The number of halogens is 1. The number of thiocarbonyl (C=S) groups is 1. The van der Waals surface area contributed by atoms with E-state index >= 15 is 0 Å². The molecule has 1 aliphatic heterocycles. The van der Waals surface area contributed by atoms with E-state index in [2.05, 4.69) is 5.32 Å². The van der Waals surface area contributed by atoms with Gasteiger partial charge in [-0.1, -0.05) is 23.8 Å². The third kappa shape index (κ3) is 3.28. The molecule has 3 N–H and O–H groups in total. The largest absolute Gasteiger partial charge is 0.495 e. The standard InChI is InChI=1S/C14H17ClN2O3S/c1-19-11-3-2-9(8-10(11)15)17-13(18)14(12(16)21)4-6-20-7-5-14/h2-3,8H,4-7H2,1H3,(H2,16,21)(H,17,18). The molecular formula is C14H17ClN2O3S. The lowest BCUT2D eigenvalue weighted by Crippen LogP contribution is -2.49. The minimum atomic E-state index is -0.861. The Morgan fingerprint density at radius 3 is 2.67 bits per heavy atom. The zero-order valence-electron chi connectivity index (χ0n) is 11.6. The third-order valence-corrected chi connectivity index (χ3v) is 4.35. The highest BCUT2D eigenvalue weighted by molar-refractivity contribution is 7.80. The van der Waals surface area contributed by atoms with Crippen LogP contribution in [-0.4, -0.2) is 31.2 Å². The first-order valence-electron chi connectivity index (χ1n) is 6.52. The second-order valence-electron chi connectivity index (χ2n) is 4.86. The fourth-order valence-electron chi connectivity index (χ4n) is 2.30. The lowest BCUT2D eigenvalue weighted by molar-refractivity contribution is -0.126. The number of ether oxygens (including phenoxy) is 2. The van der Waals surface area contributed by atoms with E-state index in [9.17, 15) is 4.79 Å². The zero-order valence-corrected chi connectivity index (χ0v) is 13.2. The Balaban J connectivity index is 2.19. The number of hydrogen-bond donors (Lipinski definition) is 2. The molecule has 1 saturated heterocycles. The van der Waals surface area contributed by atoms with Crippen LogP contribution in [0.15, 0.2) is 18.2 Å². The summed E-state index contributed by atoms with van der Waals surface area (Å²) in [5.74, 6) is 0.323. The van der Waals surface area contributed by atoms with Crippen LogP contribution in [0.25, 0.3) is 0 Å². The van der Waals surface area contributed by atoms with Gasteiger partial charge in [0.1, 0.15) is 11.2 Å². The van der Waals surface area contributed by atoms with Gasteiger partial charge in [0, 0.05) is 18.9 Å². The SMILES string of the molecule is COc1ccc(NC(=O)C2(C(N)=S)CCOCC2)cc1Cl. The highest BCUT2D eigenvalue weighted by atomic mass is 35.5. The molecule has 1 aromatic carbocycles. The van der Waals surface area contributed by atoms with E-state index < -0.39 is 5.41 Å². The molecule has 1 aromatic rings. The molecule has 5 nitrogen and oxygen atoms in total. The van der Waals surface area contributed by atoms with Crippen LogP contribution in [0.3, 0.4) is 0 Å². The number of methoxy groups -OCH3 is 1. The molecular weight excluding hydrogens is 312 g/mol. The Hall–Kier alpha value is -1.37. The van der Waals surface area contributed by atoms with Crippen molar-refractivity contribution in [3.63, 3.8) is 0 Å². The molecule has 114 valence electrons. The highest BCUT2D eigenvalue weighted by Gasteiger charge is 2.43. The van der Waals surface area contributed by atoms with E-state index in [1.54, 1.807) is 18.2 Å². The summed E-state index contributed by atoms with van der Waals surface area (Å²) >= 11 is 11.2. The van der Waals surface area contributed by atoms with Gasteiger partial charge in [-0.3, -0.25) is 4.79 Å². The Bertz CT molecular complexity index is 559. The topological polar surface area (TPSA) is 73.6 Å². The van der Waals surface area contributed by atoms with Crippen LogP contribution < -0.4 is 15.8 Å². The summed E-state index contributed by atoms with van der Waals surface area (Å²) in [6.07, 6.45) is 0.968. The molecule has 1 fully saturated rings. The quantitative estimate of drug-likeness (QED) is 0.830. The average molecular weight is 329 g/mol. The van der Waals surface area contributed by atoms with Gasteiger partial charge in [-0.25, -0.2) is 0 Å². The molecule has 0 radical (unpaired) electrons. The molecule has 0 aromatic heterocycles.